The van der Waals surface area contributed by atoms with E-state index in [1.807, 2.05) is 31.2 Å². The molecule has 3 rings (SSSR count). The predicted octanol–water partition coefficient (Wildman–Crippen LogP) is 3.75. The number of nitrogens with zero attached hydrogens (tertiary/aromatic N) is 2. The van der Waals surface area contributed by atoms with Gasteiger partial charge in [0, 0.05) is 37.9 Å². The number of amides is 1. The van der Waals surface area contributed by atoms with Crippen molar-refractivity contribution < 1.29 is 13.2 Å². The van der Waals surface area contributed by atoms with E-state index in [9.17, 15) is 13.2 Å². The molecule has 1 aliphatic rings. The van der Waals surface area contributed by atoms with Gasteiger partial charge in [0.05, 0.1) is 10.8 Å². The first kappa shape index (κ1) is 22.7. The van der Waals surface area contributed by atoms with Gasteiger partial charge in [-0.1, -0.05) is 29.8 Å². The van der Waals surface area contributed by atoms with Crippen molar-refractivity contribution in [2.75, 3.05) is 32.5 Å². The quantitative estimate of drug-likeness (QED) is 0.729. The zero-order valence-electron chi connectivity index (χ0n) is 17.6. The Morgan fingerprint density at radius 1 is 1.20 bits per heavy atom. The Bertz CT molecular complexity index is 1010. The van der Waals surface area contributed by atoms with Gasteiger partial charge in [0.1, 0.15) is 0 Å². The molecular formula is C22H28ClN3O3S. The fourth-order valence-corrected chi connectivity index (χ4v) is 4.66. The summed E-state index contributed by atoms with van der Waals surface area (Å²) in [6, 6.07) is 12.6. The van der Waals surface area contributed by atoms with Crippen LogP contribution in [0.25, 0.3) is 0 Å². The number of rotatable bonds is 6. The van der Waals surface area contributed by atoms with E-state index in [0.29, 0.717) is 17.3 Å². The second kappa shape index (κ2) is 9.47. The van der Waals surface area contributed by atoms with Gasteiger partial charge >= 0.3 is 0 Å². The summed E-state index contributed by atoms with van der Waals surface area (Å²) in [6.45, 7) is 4.25. The van der Waals surface area contributed by atoms with E-state index in [1.54, 1.807) is 12.1 Å². The number of sulfonamides is 1. The van der Waals surface area contributed by atoms with Crippen LogP contribution in [0, 0.1) is 12.8 Å². The number of hydrogen-bond donors (Lipinski definition) is 1. The summed E-state index contributed by atoms with van der Waals surface area (Å²) in [5, 5.41) is 3.67. The van der Waals surface area contributed by atoms with Crippen molar-refractivity contribution in [3.8, 4) is 0 Å². The number of aryl methyl sites for hydroxylation is 1. The number of benzene rings is 2. The van der Waals surface area contributed by atoms with Gasteiger partial charge in [-0.05, 0) is 61.7 Å². The molecule has 0 aliphatic carbocycles. The van der Waals surface area contributed by atoms with Gasteiger partial charge in [-0.3, -0.25) is 9.69 Å². The number of anilines is 1. The largest absolute Gasteiger partial charge is 0.326 e. The first-order valence-corrected chi connectivity index (χ1v) is 11.8. The highest BCUT2D eigenvalue weighted by Crippen LogP contribution is 2.25. The molecule has 0 radical (unpaired) electrons. The lowest BCUT2D eigenvalue weighted by Gasteiger charge is -2.32. The smallest absolute Gasteiger partial charge is 0.242 e. The van der Waals surface area contributed by atoms with Gasteiger partial charge in [-0.2, -0.15) is 0 Å². The Hall–Kier alpha value is -1.93. The van der Waals surface area contributed by atoms with E-state index in [4.69, 9.17) is 11.6 Å². The molecule has 1 atom stereocenters. The van der Waals surface area contributed by atoms with E-state index in [1.165, 1.54) is 24.5 Å². The van der Waals surface area contributed by atoms with Gasteiger partial charge in [-0.15, -0.1) is 0 Å². The van der Waals surface area contributed by atoms with Crippen LogP contribution in [0.2, 0.25) is 5.02 Å². The summed E-state index contributed by atoms with van der Waals surface area (Å²) in [7, 11) is -0.577. The highest BCUT2D eigenvalue weighted by molar-refractivity contribution is 7.89. The zero-order valence-corrected chi connectivity index (χ0v) is 19.1. The van der Waals surface area contributed by atoms with Crippen LogP contribution >= 0.6 is 11.6 Å². The molecule has 162 valence electrons. The number of piperidine rings is 1. The molecule has 0 bridgehead atoms. The summed E-state index contributed by atoms with van der Waals surface area (Å²) < 4.78 is 26.0. The van der Waals surface area contributed by atoms with Gasteiger partial charge < -0.3 is 5.32 Å². The highest BCUT2D eigenvalue weighted by Gasteiger charge is 2.27. The van der Waals surface area contributed by atoms with Crippen molar-refractivity contribution in [2.24, 2.45) is 5.92 Å². The maximum atomic E-state index is 12.9. The fourth-order valence-electron chi connectivity index (χ4n) is 3.60. The summed E-state index contributed by atoms with van der Waals surface area (Å²) in [5.41, 5.74) is 2.53. The topological polar surface area (TPSA) is 69.7 Å². The van der Waals surface area contributed by atoms with Crippen LogP contribution in [-0.4, -0.2) is 50.7 Å². The molecule has 1 fully saturated rings. The second-order valence-corrected chi connectivity index (χ2v) is 10.5. The monoisotopic (exact) mass is 449 g/mol. The predicted molar refractivity (Wildman–Crippen MR) is 120 cm³/mol. The molecular weight excluding hydrogens is 422 g/mol. The summed E-state index contributed by atoms with van der Waals surface area (Å²) >= 11 is 5.96. The summed E-state index contributed by atoms with van der Waals surface area (Å²) in [5.74, 6) is -0.210. The molecule has 0 spiro atoms. The molecule has 8 heteroatoms. The number of likely N-dealkylation sites (tertiary alicyclic amines) is 1. The van der Waals surface area contributed by atoms with Crippen molar-refractivity contribution in [1.29, 1.82) is 0 Å². The van der Waals surface area contributed by atoms with Gasteiger partial charge in [-0.25, -0.2) is 12.7 Å². The standard InChI is InChI=1S/C22H28ClN3O3S/c1-16-6-11-20(30(28,29)25(2)3)13-21(16)24-22(27)18-5-4-12-26(15-18)14-17-7-9-19(23)10-8-17/h6-11,13,18H,4-5,12,14-15H2,1-3H3,(H,24,27). The van der Waals surface area contributed by atoms with E-state index >= 15 is 0 Å². The third-order valence-corrected chi connectivity index (χ3v) is 7.50. The zero-order chi connectivity index (χ0) is 21.9. The molecule has 1 unspecified atom stereocenters. The molecule has 1 N–H and O–H groups in total. The average molecular weight is 450 g/mol. The van der Waals surface area contributed by atoms with E-state index in [-0.39, 0.29) is 16.7 Å². The minimum atomic E-state index is -3.56. The molecule has 1 amide bonds. The van der Waals surface area contributed by atoms with Crippen LogP contribution in [0.4, 0.5) is 5.69 Å². The van der Waals surface area contributed by atoms with Crippen molar-refractivity contribution in [3.05, 3.63) is 58.6 Å². The van der Waals surface area contributed by atoms with Crippen molar-refractivity contribution in [1.82, 2.24) is 9.21 Å². The lowest BCUT2D eigenvalue weighted by Crippen LogP contribution is -2.40. The SMILES string of the molecule is Cc1ccc(S(=O)(=O)N(C)C)cc1NC(=O)C1CCCN(Cc2ccc(Cl)cc2)C1. The van der Waals surface area contributed by atoms with Crippen molar-refractivity contribution in [3.63, 3.8) is 0 Å². The van der Waals surface area contributed by atoms with Crippen LogP contribution in [0.5, 0.6) is 0 Å². The molecule has 0 aromatic heterocycles. The molecule has 1 saturated heterocycles. The summed E-state index contributed by atoms with van der Waals surface area (Å²) in [6.07, 6.45) is 1.76. The van der Waals surface area contributed by atoms with Crippen LogP contribution < -0.4 is 5.32 Å². The van der Waals surface area contributed by atoms with Crippen LogP contribution in [0.3, 0.4) is 0 Å². The number of halogens is 1. The van der Waals surface area contributed by atoms with Crippen molar-refractivity contribution in [2.45, 2.75) is 31.2 Å². The molecule has 1 aliphatic heterocycles. The molecule has 2 aromatic rings. The third-order valence-electron chi connectivity index (χ3n) is 5.44. The van der Waals surface area contributed by atoms with E-state index in [2.05, 4.69) is 10.2 Å². The van der Waals surface area contributed by atoms with E-state index in [0.717, 1.165) is 37.1 Å². The van der Waals surface area contributed by atoms with Crippen LogP contribution in [-0.2, 0) is 21.4 Å². The Balaban J connectivity index is 1.69. The maximum Gasteiger partial charge on any atom is 0.242 e. The number of hydrogen-bond acceptors (Lipinski definition) is 4. The lowest BCUT2D eigenvalue weighted by atomic mass is 9.96. The Morgan fingerprint density at radius 3 is 2.57 bits per heavy atom. The first-order valence-electron chi connectivity index (χ1n) is 9.97. The normalized spacial score (nSPS) is 17.8. The number of carbonyl (C=O) groups excluding carboxylic acids is 1. The Morgan fingerprint density at radius 2 is 1.90 bits per heavy atom. The lowest BCUT2D eigenvalue weighted by molar-refractivity contribution is -0.121. The Kier molecular flexibility index (Phi) is 7.18. The molecule has 0 saturated carbocycles. The number of carbonyl (C=O) groups is 1. The second-order valence-electron chi connectivity index (χ2n) is 7.95. The molecule has 1 heterocycles. The van der Waals surface area contributed by atoms with Crippen molar-refractivity contribution >= 4 is 33.2 Å². The van der Waals surface area contributed by atoms with Gasteiger partial charge in [0.2, 0.25) is 15.9 Å². The minimum Gasteiger partial charge on any atom is -0.326 e. The minimum absolute atomic E-state index is 0.0710. The third kappa shape index (κ3) is 5.40. The molecule has 30 heavy (non-hydrogen) atoms. The van der Waals surface area contributed by atoms with Gasteiger partial charge in [0.25, 0.3) is 0 Å². The first-order chi connectivity index (χ1) is 14.2. The average Bonchev–Trinajstić information content (AvgIpc) is 2.71. The fraction of sp³-hybridized carbons (Fsp3) is 0.409. The van der Waals surface area contributed by atoms with Gasteiger partial charge in [0.15, 0.2) is 0 Å². The Labute approximate surface area is 183 Å². The van der Waals surface area contributed by atoms with Crippen LogP contribution in [0.15, 0.2) is 47.4 Å². The maximum absolute atomic E-state index is 12.9. The molecule has 6 nitrogen and oxygen atoms in total. The number of nitrogens with one attached hydrogen (secondary N) is 1. The molecule has 2 aromatic carbocycles. The summed E-state index contributed by atoms with van der Waals surface area (Å²) in [4.78, 5) is 15.4. The van der Waals surface area contributed by atoms with E-state index < -0.39 is 10.0 Å². The van der Waals surface area contributed by atoms with Crippen LogP contribution in [0.1, 0.15) is 24.0 Å². The highest BCUT2D eigenvalue weighted by atomic mass is 35.5.